The predicted octanol–water partition coefficient (Wildman–Crippen LogP) is 7.08. The summed E-state index contributed by atoms with van der Waals surface area (Å²) in [5.41, 5.74) is 2.92. The molecular weight excluding hydrogens is 502 g/mol. The third kappa shape index (κ3) is 4.76. The second-order valence-corrected chi connectivity index (χ2v) is 9.97. The van der Waals surface area contributed by atoms with Crippen molar-refractivity contribution in [2.24, 2.45) is 0 Å². The average molecular weight is 532 g/mol. The number of amides is 1. The smallest absolute Gasteiger partial charge is 0.291 e. The first-order chi connectivity index (χ1) is 18.4. The van der Waals surface area contributed by atoms with Gasteiger partial charge in [0.15, 0.2) is 16.9 Å². The van der Waals surface area contributed by atoms with E-state index in [-0.39, 0.29) is 23.6 Å². The van der Waals surface area contributed by atoms with Gasteiger partial charge in [0.2, 0.25) is 5.76 Å². The number of hydrogen-bond acceptors (Lipinski definition) is 5. The van der Waals surface area contributed by atoms with Crippen molar-refractivity contribution in [2.75, 3.05) is 13.7 Å². The van der Waals surface area contributed by atoms with E-state index in [9.17, 15) is 9.59 Å². The summed E-state index contributed by atoms with van der Waals surface area (Å²) in [6, 6.07) is 17.6. The Kier molecular flexibility index (Phi) is 7.43. The van der Waals surface area contributed by atoms with Crippen molar-refractivity contribution in [1.82, 2.24) is 4.90 Å². The molecule has 0 spiro atoms. The topological polar surface area (TPSA) is 69.0 Å². The Balaban J connectivity index is 1.64. The Morgan fingerprint density at radius 1 is 1.00 bits per heavy atom. The fourth-order valence-electron chi connectivity index (χ4n) is 4.96. The number of benzene rings is 3. The van der Waals surface area contributed by atoms with Gasteiger partial charge in [0.25, 0.3) is 5.91 Å². The monoisotopic (exact) mass is 531 g/mol. The zero-order valence-corrected chi connectivity index (χ0v) is 22.5. The molecule has 38 heavy (non-hydrogen) atoms. The van der Waals surface area contributed by atoms with Crippen molar-refractivity contribution in [3.8, 4) is 11.5 Å². The molecule has 0 saturated heterocycles. The molecule has 1 aliphatic rings. The number of aryl methyl sites for hydroxylation is 1. The van der Waals surface area contributed by atoms with Gasteiger partial charge in [-0.15, -0.1) is 0 Å². The SMILES string of the molecule is CCCCCOc1ccc(C2c3c(oc4ccc(C)cc4c3=O)C(=O)N2Cc2ccccc2Cl)cc1OC. The first-order valence-electron chi connectivity index (χ1n) is 12.9. The van der Waals surface area contributed by atoms with Crippen LogP contribution in [0.25, 0.3) is 11.0 Å². The highest BCUT2D eigenvalue weighted by atomic mass is 35.5. The van der Waals surface area contributed by atoms with Crippen LogP contribution in [0, 0.1) is 6.92 Å². The van der Waals surface area contributed by atoms with Crippen LogP contribution in [-0.4, -0.2) is 24.5 Å². The quantitative estimate of drug-likeness (QED) is 0.216. The molecule has 0 bridgehead atoms. The van der Waals surface area contributed by atoms with Crippen molar-refractivity contribution in [1.29, 1.82) is 0 Å². The summed E-state index contributed by atoms with van der Waals surface area (Å²) >= 11 is 6.47. The standard InChI is InChI=1S/C31H30ClNO5/c1-4-5-8-15-37-25-14-12-20(17-26(25)36-3)28-27-29(34)22-16-19(2)11-13-24(22)38-30(27)31(35)33(28)18-21-9-6-7-10-23(21)32/h6-7,9-14,16-17,28H,4-5,8,15,18H2,1-3H3. The molecule has 6 nitrogen and oxygen atoms in total. The lowest BCUT2D eigenvalue weighted by atomic mass is 9.97. The number of unbranched alkanes of at least 4 members (excludes halogenated alkanes) is 2. The second-order valence-electron chi connectivity index (χ2n) is 9.57. The Bertz CT molecular complexity index is 1560. The summed E-state index contributed by atoms with van der Waals surface area (Å²) in [7, 11) is 1.58. The first kappa shape index (κ1) is 25.9. The van der Waals surface area contributed by atoms with E-state index in [1.54, 1.807) is 30.2 Å². The molecule has 0 radical (unpaired) electrons. The van der Waals surface area contributed by atoms with Gasteiger partial charge in [-0.2, -0.15) is 0 Å². The molecular formula is C31H30ClNO5. The normalized spacial score (nSPS) is 14.7. The maximum absolute atomic E-state index is 13.9. The number of nitrogens with zero attached hydrogens (tertiary/aromatic N) is 1. The van der Waals surface area contributed by atoms with Crippen molar-refractivity contribution >= 4 is 28.5 Å². The van der Waals surface area contributed by atoms with Crippen LogP contribution in [0.4, 0.5) is 0 Å². The molecule has 3 aromatic carbocycles. The summed E-state index contributed by atoms with van der Waals surface area (Å²) in [5.74, 6) is 0.861. The predicted molar refractivity (Wildman–Crippen MR) is 148 cm³/mol. The van der Waals surface area contributed by atoms with Gasteiger partial charge in [0, 0.05) is 11.6 Å². The van der Waals surface area contributed by atoms with Crippen molar-refractivity contribution in [2.45, 2.75) is 45.7 Å². The van der Waals surface area contributed by atoms with E-state index in [0.717, 1.165) is 36.0 Å². The van der Waals surface area contributed by atoms with Gasteiger partial charge in [-0.3, -0.25) is 9.59 Å². The number of carbonyl (C=O) groups is 1. The van der Waals surface area contributed by atoms with Crippen LogP contribution in [0.1, 0.15) is 65.0 Å². The Labute approximate surface area is 226 Å². The van der Waals surface area contributed by atoms with Crippen LogP contribution in [0.15, 0.2) is 69.9 Å². The summed E-state index contributed by atoms with van der Waals surface area (Å²) in [6.45, 7) is 4.86. The molecule has 1 amide bonds. The highest BCUT2D eigenvalue weighted by molar-refractivity contribution is 6.31. The summed E-state index contributed by atoms with van der Waals surface area (Å²) < 4.78 is 17.7. The zero-order valence-electron chi connectivity index (χ0n) is 21.8. The summed E-state index contributed by atoms with van der Waals surface area (Å²) in [4.78, 5) is 29.3. The van der Waals surface area contributed by atoms with Crippen LogP contribution in [0.5, 0.6) is 11.5 Å². The third-order valence-electron chi connectivity index (χ3n) is 6.93. The van der Waals surface area contributed by atoms with Gasteiger partial charge in [-0.1, -0.05) is 67.3 Å². The van der Waals surface area contributed by atoms with E-state index >= 15 is 0 Å². The number of carbonyl (C=O) groups excluding carboxylic acids is 1. The fraction of sp³-hybridized carbons (Fsp3) is 0.290. The van der Waals surface area contributed by atoms with Crippen LogP contribution in [0.2, 0.25) is 5.02 Å². The van der Waals surface area contributed by atoms with Crippen LogP contribution < -0.4 is 14.9 Å². The Hall–Kier alpha value is -3.77. The van der Waals surface area contributed by atoms with Crippen LogP contribution in [0.3, 0.4) is 0 Å². The lowest BCUT2D eigenvalue weighted by Crippen LogP contribution is -2.29. The Morgan fingerprint density at radius 2 is 1.82 bits per heavy atom. The molecule has 0 aliphatic carbocycles. The van der Waals surface area contributed by atoms with Crippen LogP contribution in [-0.2, 0) is 6.54 Å². The number of rotatable bonds is 9. The maximum atomic E-state index is 13.9. The van der Waals surface area contributed by atoms with Crippen molar-refractivity contribution in [3.63, 3.8) is 0 Å². The van der Waals surface area contributed by atoms with Crippen LogP contribution >= 0.6 is 11.6 Å². The molecule has 4 aromatic rings. The lowest BCUT2D eigenvalue weighted by molar-refractivity contribution is 0.0714. The molecule has 0 saturated carbocycles. The first-order valence-corrected chi connectivity index (χ1v) is 13.2. The second kappa shape index (κ2) is 10.9. The number of hydrogen-bond donors (Lipinski definition) is 0. The fourth-order valence-corrected chi connectivity index (χ4v) is 5.16. The zero-order chi connectivity index (χ0) is 26.8. The number of halogens is 1. The average Bonchev–Trinajstić information content (AvgIpc) is 3.19. The molecule has 1 aromatic heterocycles. The van der Waals surface area contributed by atoms with E-state index in [1.165, 1.54) is 0 Å². The van der Waals surface area contributed by atoms with E-state index < -0.39 is 6.04 Å². The van der Waals surface area contributed by atoms with Gasteiger partial charge in [-0.25, -0.2) is 0 Å². The minimum absolute atomic E-state index is 0.0577. The molecule has 0 fully saturated rings. The molecule has 196 valence electrons. The summed E-state index contributed by atoms with van der Waals surface area (Å²) in [6.07, 6.45) is 3.14. The van der Waals surface area contributed by atoms with E-state index in [4.69, 9.17) is 25.5 Å². The molecule has 0 N–H and O–H groups in total. The highest BCUT2D eigenvalue weighted by Gasteiger charge is 2.43. The van der Waals surface area contributed by atoms with Gasteiger partial charge in [0.05, 0.1) is 30.7 Å². The summed E-state index contributed by atoms with van der Waals surface area (Å²) in [5, 5.41) is 0.993. The van der Waals surface area contributed by atoms with Gasteiger partial charge in [0.1, 0.15) is 5.58 Å². The number of fused-ring (bicyclic) bond motifs is 2. The van der Waals surface area contributed by atoms with E-state index in [2.05, 4.69) is 6.92 Å². The largest absolute Gasteiger partial charge is 0.493 e. The number of ether oxygens (including phenoxy) is 2. The Morgan fingerprint density at radius 3 is 2.58 bits per heavy atom. The third-order valence-corrected chi connectivity index (χ3v) is 7.30. The van der Waals surface area contributed by atoms with Crippen molar-refractivity contribution in [3.05, 3.63) is 104 Å². The molecule has 1 atom stereocenters. The molecule has 2 heterocycles. The van der Waals surface area contributed by atoms with Crippen molar-refractivity contribution < 1.29 is 18.7 Å². The van der Waals surface area contributed by atoms with Gasteiger partial charge in [-0.05, 0) is 54.8 Å². The van der Waals surface area contributed by atoms with E-state index in [0.29, 0.717) is 39.7 Å². The molecule has 5 rings (SSSR count). The van der Waals surface area contributed by atoms with Gasteiger partial charge >= 0.3 is 0 Å². The maximum Gasteiger partial charge on any atom is 0.291 e. The minimum Gasteiger partial charge on any atom is -0.493 e. The van der Waals surface area contributed by atoms with E-state index in [1.807, 2.05) is 49.4 Å². The molecule has 1 unspecified atom stereocenters. The highest BCUT2D eigenvalue weighted by Crippen LogP contribution is 2.42. The lowest BCUT2D eigenvalue weighted by Gasteiger charge is -2.26. The minimum atomic E-state index is -0.682. The van der Waals surface area contributed by atoms with Gasteiger partial charge < -0.3 is 18.8 Å². The number of methoxy groups -OCH3 is 1. The molecule has 7 heteroatoms. The molecule has 1 aliphatic heterocycles.